The van der Waals surface area contributed by atoms with Crippen LogP contribution in [0.2, 0.25) is 0 Å². The standard InChI is InChI=1S/C32H35F3N6O.2ClH/c1-2-18-42-29-16-15-26(41-31(32(33,34)35)36-37-38-41)19-25(29)20-39-21-27-14-9-17-40(27)28(22-39)30(23-10-5-3-6-11-23)24-12-7-4-8-13-24;;/h3-8,10-13,15-16,19,27-28,30H,2,9,14,17-18,20-22H2,1H3;2*1H/t27-,28?;;/m0../s1. The van der Waals surface area contributed by atoms with E-state index in [1.807, 2.05) is 6.92 Å². The van der Waals surface area contributed by atoms with Gasteiger partial charge in [0.1, 0.15) is 5.75 Å². The summed E-state index contributed by atoms with van der Waals surface area (Å²) in [5, 5.41) is 10.2. The highest BCUT2D eigenvalue weighted by Crippen LogP contribution is 2.38. The van der Waals surface area contributed by atoms with Gasteiger partial charge in [-0.3, -0.25) is 9.80 Å². The predicted molar refractivity (Wildman–Crippen MR) is 168 cm³/mol. The van der Waals surface area contributed by atoms with Crippen LogP contribution in [0.3, 0.4) is 0 Å². The first kappa shape index (κ1) is 33.7. The number of alkyl halides is 3. The number of aromatic nitrogens is 4. The summed E-state index contributed by atoms with van der Waals surface area (Å²) in [6, 6.07) is 27.1. The van der Waals surface area contributed by atoms with Crippen LogP contribution < -0.4 is 4.74 Å². The van der Waals surface area contributed by atoms with Gasteiger partial charge in [0.05, 0.1) is 12.3 Å². The predicted octanol–water partition coefficient (Wildman–Crippen LogP) is 6.79. The van der Waals surface area contributed by atoms with Gasteiger partial charge in [-0.15, -0.1) is 29.9 Å². The van der Waals surface area contributed by atoms with Crippen molar-refractivity contribution < 1.29 is 17.9 Å². The Balaban J connectivity index is 0.00000221. The first-order valence-corrected chi connectivity index (χ1v) is 14.6. The summed E-state index contributed by atoms with van der Waals surface area (Å²) in [6.07, 6.45) is -1.56. The molecular formula is C32H37Cl2F3N6O. The summed E-state index contributed by atoms with van der Waals surface area (Å²) in [4.78, 5) is 5.13. The van der Waals surface area contributed by atoms with Crippen molar-refractivity contribution >= 4 is 24.8 Å². The molecule has 0 aliphatic carbocycles. The average Bonchev–Trinajstić information content (AvgIpc) is 3.68. The molecule has 236 valence electrons. The zero-order valence-corrected chi connectivity index (χ0v) is 26.1. The van der Waals surface area contributed by atoms with Gasteiger partial charge >= 0.3 is 6.18 Å². The smallest absolute Gasteiger partial charge is 0.453 e. The molecule has 6 rings (SSSR count). The zero-order chi connectivity index (χ0) is 29.1. The fourth-order valence-corrected chi connectivity index (χ4v) is 6.57. The molecule has 7 nitrogen and oxygen atoms in total. The van der Waals surface area contributed by atoms with Crippen molar-refractivity contribution in [2.45, 2.75) is 56.9 Å². The van der Waals surface area contributed by atoms with Crippen molar-refractivity contribution in [2.75, 3.05) is 26.2 Å². The summed E-state index contributed by atoms with van der Waals surface area (Å²) < 4.78 is 47.7. The van der Waals surface area contributed by atoms with Crippen LogP contribution in [0.15, 0.2) is 78.9 Å². The quantitative estimate of drug-likeness (QED) is 0.199. The maximum absolute atomic E-state index is 13.6. The number of hydrogen-bond acceptors (Lipinski definition) is 6. The van der Waals surface area contributed by atoms with Gasteiger partial charge < -0.3 is 4.74 Å². The summed E-state index contributed by atoms with van der Waals surface area (Å²) in [6.45, 7) is 5.88. The van der Waals surface area contributed by atoms with E-state index in [1.54, 1.807) is 18.2 Å². The zero-order valence-electron chi connectivity index (χ0n) is 24.4. The van der Waals surface area contributed by atoms with Crippen LogP contribution >= 0.6 is 24.8 Å². The first-order valence-electron chi connectivity index (χ1n) is 14.6. The van der Waals surface area contributed by atoms with E-state index in [4.69, 9.17) is 4.74 Å². The van der Waals surface area contributed by atoms with Gasteiger partial charge in [0.25, 0.3) is 5.82 Å². The Kier molecular flexibility index (Phi) is 11.3. The third kappa shape index (κ3) is 7.20. The maximum Gasteiger partial charge on any atom is 0.453 e. The molecule has 3 heterocycles. The third-order valence-corrected chi connectivity index (χ3v) is 8.33. The monoisotopic (exact) mass is 648 g/mol. The van der Waals surface area contributed by atoms with E-state index in [1.165, 1.54) is 11.1 Å². The molecule has 2 aliphatic heterocycles. The van der Waals surface area contributed by atoms with E-state index < -0.39 is 12.0 Å². The van der Waals surface area contributed by atoms with Gasteiger partial charge in [0, 0.05) is 43.2 Å². The molecule has 2 atom stereocenters. The van der Waals surface area contributed by atoms with Crippen molar-refractivity contribution in [3.8, 4) is 11.4 Å². The minimum absolute atomic E-state index is 0. The van der Waals surface area contributed by atoms with Crippen molar-refractivity contribution in [2.24, 2.45) is 0 Å². The number of piperazine rings is 1. The summed E-state index contributed by atoms with van der Waals surface area (Å²) in [5.41, 5.74) is 3.65. The fourth-order valence-electron chi connectivity index (χ4n) is 6.57. The number of benzene rings is 3. The summed E-state index contributed by atoms with van der Waals surface area (Å²) >= 11 is 0. The molecule has 0 spiro atoms. The van der Waals surface area contributed by atoms with Gasteiger partial charge in [-0.2, -0.15) is 17.9 Å². The molecule has 1 aromatic heterocycles. The Hall–Kier alpha value is -3.18. The number of nitrogens with zero attached hydrogens (tertiary/aromatic N) is 6. The largest absolute Gasteiger partial charge is 0.493 e. The van der Waals surface area contributed by atoms with Crippen molar-refractivity contribution in [3.63, 3.8) is 0 Å². The van der Waals surface area contributed by atoms with Crippen molar-refractivity contribution in [1.29, 1.82) is 0 Å². The Morgan fingerprint density at radius 2 is 1.61 bits per heavy atom. The summed E-state index contributed by atoms with van der Waals surface area (Å²) in [7, 11) is 0. The van der Waals surface area contributed by atoms with Gasteiger partial charge in [-0.25, -0.2) is 0 Å². The highest BCUT2D eigenvalue weighted by molar-refractivity contribution is 5.85. The minimum atomic E-state index is -4.67. The molecule has 2 fully saturated rings. The second kappa shape index (κ2) is 14.7. The van der Waals surface area contributed by atoms with Gasteiger partial charge in [0.15, 0.2) is 0 Å². The number of hydrogen-bond donors (Lipinski definition) is 0. The lowest BCUT2D eigenvalue weighted by atomic mass is 9.82. The molecule has 0 bridgehead atoms. The van der Waals surface area contributed by atoms with Crippen LogP contribution in [0.4, 0.5) is 13.2 Å². The van der Waals surface area contributed by atoms with Crippen LogP contribution in [0.5, 0.6) is 5.75 Å². The molecule has 44 heavy (non-hydrogen) atoms. The molecule has 2 saturated heterocycles. The Morgan fingerprint density at radius 3 is 2.25 bits per heavy atom. The van der Waals surface area contributed by atoms with Crippen LogP contribution in [0.25, 0.3) is 5.69 Å². The number of tetrazole rings is 1. The fraction of sp³-hybridized carbons (Fsp3) is 0.406. The molecule has 2 aliphatic rings. The highest BCUT2D eigenvalue weighted by Gasteiger charge is 2.42. The topological polar surface area (TPSA) is 59.3 Å². The van der Waals surface area contributed by atoms with Crippen molar-refractivity contribution in [3.05, 3.63) is 101 Å². The van der Waals surface area contributed by atoms with E-state index in [-0.39, 0.29) is 42.5 Å². The molecule has 0 radical (unpaired) electrons. The Labute approximate surface area is 268 Å². The molecule has 4 aromatic rings. The maximum atomic E-state index is 13.6. The number of fused-ring (bicyclic) bond motifs is 1. The molecule has 3 aromatic carbocycles. The second-order valence-electron chi connectivity index (χ2n) is 11.1. The highest BCUT2D eigenvalue weighted by atomic mass is 35.5. The number of halogens is 5. The van der Waals surface area contributed by atoms with E-state index >= 15 is 0 Å². The molecule has 0 N–H and O–H groups in total. The van der Waals surface area contributed by atoms with Crippen LogP contribution in [0, 0.1) is 0 Å². The third-order valence-electron chi connectivity index (χ3n) is 8.33. The van der Waals surface area contributed by atoms with E-state index in [2.05, 4.69) is 86.0 Å². The molecule has 0 saturated carbocycles. The minimum Gasteiger partial charge on any atom is -0.493 e. The van der Waals surface area contributed by atoms with Crippen LogP contribution in [0.1, 0.15) is 54.6 Å². The number of ether oxygens (including phenoxy) is 1. The van der Waals surface area contributed by atoms with Gasteiger partial charge in [0.2, 0.25) is 0 Å². The molecule has 0 amide bonds. The molecule has 12 heteroatoms. The van der Waals surface area contributed by atoms with Gasteiger partial charge in [-0.05, 0) is 65.6 Å². The molecular weight excluding hydrogens is 612 g/mol. The molecule has 1 unspecified atom stereocenters. The normalized spacial score (nSPS) is 18.8. The average molecular weight is 650 g/mol. The second-order valence-corrected chi connectivity index (χ2v) is 11.1. The lowest BCUT2D eigenvalue weighted by Crippen LogP contribution is -2.57. The van der Waals surface area contributed by atoms with E-state index in [0.717, 1.165) is 49.1 Å². The van der Waals surface area contributed by atoms with Gasteiger partial charge in [-0.1, -0.05) is 67.6 Å². The first-order chi connectivity index (χ1) is 20.4. The van der Waals surface area contributed by atoms with Crippen LogP contribution in [-0.2, 0) is 12.7 Å². The van der Waals surface area contributed by atoms with Crippen LogP contribution in [-0.4, -0.2) is 68.3 Å². The lowest BCUT2D eigenvalue weighted by molar-refractivity contribution is -0.146. The van der Waals surface area contributed by atoms with Crippen molar-refractivity contribution in [1.82, 2.24) is 30.0 Å². The van der Waals surface area contributed by atoms with E-state index in [0.29, 0.717) is 24.9 Å². The summed E-state index contributed by atoms with van der Waals surface area (Å²) in [5.74, 6) is -0.285. The SMILES string of the molecule is CCCOc1ccc(-n2nnnc2C(F)(F)F)cc1CN1CC(C(c2ccccc2)c2ccccc2)N2CCC[C@H]2C1.Cl.Cl. The number of rotatable bonds is 9. The Morgan fingerprint density at radius 1 is 0.932 bits per heavy atom. The van der Waals surface area contributed by atoms with E-state index in [9.17, 15) is 13.2 Å². The lowest BCUT2D eigenvalue weighted by Gasteiger charge is -2.47. The Bertz CT molecular complexity index is 1430.